The second-order valence-electron chi connectivity index (χ2n) is 6.99. The number of carboxylic acids is 1. The van der Waals surface area contributed by atoms with Gasteiger partial charge in [-0.3, -0.25) is 14.3 Å². The van der Waals surface area contributed by atoms with Gasteiger partial charge in [-0.2, -0.15) is 0 Å². The number of H-pyrrole nitrogens is 1. The predicted molar refractivity (Wildman–Crippen MR) is 95.2 cm³/mol. The molecule has 146 valence electrons. The van der Waals surface area contributed by atoms with Gasteiger partial charge in [-0.05, 0) is 25.9 Å². The van der Waals surface area contributed by atoms with Crippen LogP contribution in [0.1, 0.15) is 24.3 Å². The van der Waals surface area contributed by atoms with Crippen LogP contribution in [0.4, 0.5) is 0 Å². The van der Waals surface area contributed by atoms with E-state index in [1.807, 2.05) is 18.3 Å². The number of carboxylic acid groups (broad SMARTS) is 1. The molecule has 1 saturated heterocycles. The Morgan fingerprint density at radius 2 is 2.00 bits per heavy atom. The van der Waals surface area contributed by atoms with Crippen molar-refractivity contribution >= 4 is 19.2 Å². The number of nitrogens with zero attached hydrogens (tertiary/aromatic N) is 1. The van der Waals surface area contributed by atoms with Crippen molar-refractivity contribution in [2.24, 2.45) is 0 Å². The topological polar surface area (TPSA) is 162 Å². The van der Waals surface area contributed by atoms with Crippen LogP contribution in [-0.4, -0.2) is 80.0 Å². The highest BCUT2D eigenvalue weighted by molar-refractivity contribution is 7.72. The third kappa shape index (κ3) is 4.33. The lowest BCUT2D eigenvalue weighted by atomic mass is 10.1. The molecule has 5 N–H and O–H groups in total. The van der Waals surface area contributed by atoms with E-state index in [1.165, 1.54) is 0 Å². The summed E-state index contributed by atoms with van der Waals surface area (Å²) in [5, 5.41) is 38.9. The fourth-order valence-electron chi connectivity index (χ4n) is 2.69. The Kier molecular flexibility index (Phi) is 5.94. The number of hydrogen-bond acceptors (Lipinski definition) is 7. The number of aliphatic carboxylic acids is 1. The van der Waals surface area contributed by atoms with E-state index in [9.17, 15) is 29.7 Å². The summed E-state index contributed by atoms with van der Waals surface area (Å²) in [6.07, 6.45) is -0.972. The van der Waals surface area contributed by atoms with Gasteiger partial charge in [0.2, 0.25) is 0 Å². The second-order valence-corrected chi connectivity index (χ2v) is 11.3. The lowest BCUT2D eigenvalue weighted by Crippen LogP contribution is -2.39. The van der Waals surface area contributed by atoms with Crippen LogP contribution in [0, 0.1) is 0 Å². The van der Waals surface area contributed by atoms with Crippen molar-refractivity contribution in [2.75, 3.05) is 19.5 Å². The van der Waals surface area contributed by atoms with Crippen LogP contribution in [0.3, 0.4) is 0 Å². The molecule has 0 radical (unpaired) electrons. The van der Waals surface area contributed by atoms with Crippen LogP contribution in [0.25, 0.3) is 0 Å². The summed E-state index contributed by atoms with van der Waals surface area (Å²) >= 11 is 0. The molecule has 0 bridgehead atoms. The molecular weight excluding hydrogens is 367 g/mol. The maximum absolute atomic E-state index is 12.0. The van der Waals surface area contributed by atoms with Gasteiger partial charge in [0.15, 0.2) is 12.3 Å². The van der Waals surface area contributed by atoms with E-state index in [0.29, 0.717) is 12.6 Å². The lowest BCUT2D eigenvalue weighted by molar-refractivity contribution is -0.147. The zero-order valence-electron chi connectivity index (χ0n) is 14.4. The van der Waals surface area contributed by atoms with Crippen molar-refractivity contribution in [1.82, 2.24) is 9.55 Å². The highest BCUT2D eigenvalue weighted by Gasteiger charge is 2.44. The number of aromatic amines is 1. The average Bonchev–Trinajstić information content (AvgIpc) is 2.80. The van der Waals surface area contributed by atoms with Crippen LogP contribution in [0.5, 0.6) is 0 Å². The van der Waals surface area contributed by atoms with E-state index < -0.39 is 60.3 Å². The molecule has 2 unspecified atom stereocenters. The molecule has 1 aliphatic heterocycles. The van der Waals surface area contributed by atoms with Crippen LogP contribution in [-0.2, 0) is 9.53 Å². The third-order valence-electron chi connectivity index (χ3n) is 4.15. The second kappa shape index (κ2) is 7.50. The normalized spacial score (nSPS) is 27.4. The quantitative estimate of drug-likeness (QED) is 0.362. The molecule has 26 heavy (non-hydrogen) atoms. The van der Waals surface area contributed by atoms with Gasteiger partial charge >= 0.3 is 11.7 Å². The summed E-state index contributed by atoms with van der Waals surface area (Å²) in [6.45, 7) is 2.63. The fraction of sp³-hybridized carbons (Fsp3) is 0.600. The molecule has 10 nitrogen and oxygen atoms in total. The van der Waals surface area contributed by atoms with E-state index in [-0.39, 0.29) is 0 Å². The highest BCUT2D eigenvalue weighted by atomic mass is 31.2. The number of rotatable bonds is 6. The Morgan fingerprint density at radius 1 is 1.38 bits per heavy atom. The summed E-state index contributed by atoms with van der Waals surface area (Å²) in [6, 6.07) is 0. The van der Waals surface area contributed by atoms with Crippen molar-refractivity contribution < 1.29 is 30.0 Å². The van der Waals surface area contributed by atoms with E-state index in [4.69, 9.17) is 9.84 Å². The highest BCUT2D eigenvalue weighted by Crippen LogP contribution is 2.39. The maximum atomic E-state index is 12.0. The van der Waals surface area contributed by atoms with Gasteiger partial charge in [0.1, 0.15) is 12.2 Å². The summed E-state index contributed by atoms with van der Waals surface area (Å²) in [5.74, 6) is -1.67. The number of aromatic nitrogens is 2. The Balaban J connectivity index is 2.34. The Hall–Kier alpha value is -1.71. The molecule has 2 heterocycles. The molecule has 0 spiro atoms. The number of aliphatic hydroxyl groups excluding tert-OH is 3. The monoisotopic (exact) mass is 390 g/mol. The molecule has 1 aromatic heterocycles. The van der Waals surface area contributed by atoms with E-state index in [1.54, 1.807) is 0 Å². The summed E-state index contributed by atoms with van der Waals surface area (Å²) in [7, 11) is 0. The molecule has 11 heteroatoms. The van der Waals surface area contributed by atoms with Crippen molar-refractivity contribution in [3.05, 3.63) is 32.6 Å². The smallest absolute Gasteiger partial charge is 0.337 e. The number of carbonyl (C=O) groups is 1. The average molecular weight is 390 g/mol. The van der Waals surface area contributed by atoms with Crippen LogP contribution in [0.15, 0.2) is 15.8 Å². The number of hydrogen-bond donors (Lipinski definition) is 5. The molecule has 1 fully saturated rings. The summed E-state index contributed by atoms with van der Waals surface area (Å²) in [5.41, 5.74) is -2.61. The van der Waals surface area contributed by atoms with Crippen LogP contribution < -0.4 is 11.2 Å². The van der Waals surface area contributed by atoms with Gasteiger partial charge in [-0.1, -0.05) is 0 Å². The Labute approximate surface area is 148 Å². The summed E-state index contributed by atoms with van der Waals surface area (Å²) < 4.78 is 6.35. The molecule has 0 aliphatic carbocycles. The van der Waals surface area contributed by atoms with Gasteiger partial charge in [-0.15, -0.1) is 13.2 Å². The van der Waals surface area contributed by atoms with E-state index in [2.05, 4.69) is 6.30 Å². The zero-order valence-corrected chi connectivity index (χ0v) is 15.3. The minimum Gasteiger partial charge on any atom is -0.479 e. The third-order valence-corrected chi connectivity index (χ3v) is 5.62. The molecule has 2 rings (SSSR count). The van der Waals surface area contributed by atoms with E-state index in [0.717, 1.165) is 10.8 Å². The van der Waals surface area contributed by atoms with Gasteiger partial charge in [0, 0.05) is 6.20 Å². The zero-order chi connectivity index (χ0) is 19.8. The van der Waals surface area contributed by atoms with E-state index >= 15 is 0 Å². The summed E-state index contributed by atoms with van der Waals surface area (Å²) in [4.78, 5) is 36.6. The first-order chi connectivity index (χ1) is 11.9. The van der Waals surface area contributed by atoms with Crippen molar-refractivity contribution in [2.45, 2.75) is 37.1 Å². The number of ether oxygens (including phenoxy) is 1. The first-order valence-electron chi connectivity index (χ1n) is 7.87. The molecule has 5 atom stereocenters. The number of aliphatic hydroxyl groups is 3. The first-order valence-corrected chi connectivity index (χ1v) is 10.9. The maximum Gasteiger partial charge on any atom is 0.337 e. The molecular formula is C15H23N2O8P. The van der Waals surface area contributed by atoms with Crippen LogP contribution in [0.2, 0.25) is 0 Å². The number of nitrogens with one attached hydrogen (secondary N) is 1. The van der Waals surface area contributed by atoms with Gasteiger partial charge in [0.25, 0.3) is 5.56 Å². The van der Waals surface area contributed by atoms with Crippen molar-refractivity contribution in [1.29, 1.82) is 0 Å². The molecule has 0 aromatic carbocycles. The van der Waals surface area contributed by atoms with Crippen LogP contribution >= 0.6 is 6.89 Å². The fourth-order valence-corrected chi connectivity index (χ4v) is 3.65. The molecule has 0 amide bonds. The van der Waals surface area contributed by atoms with Crippen molar-refractivity contribution in [3.8, 4) is 0 Å². The molecule has 0 saturated carbocycles. The van der Waals surface area contributed by atoms with Gasteiger partial charge in [0.05, 0.1) is 11.7 Å². The minimum absolute atomic E-state index is 0.418. The lowest BCUT2D eigenvalue weighted by Gasteiger charge is -2.19. The predicted octanol–water partition coefficient (Wildman–Crippen LogP) is -1.63. The van der Waals surface area contributed by atoms with Crippen molar-refractivity contribution in [3.63, 3.8) is 0 Å². The minimum atomic E-state index is -2.15. The SMILES string of the molecule is C=P(C)(C)CC[C@H]1OC(n2cc(C(O)C(=O)O)c(=O)[nH]c2=O)[C@H](O)[C@@H]1O. The molecule has 1 aromatic rings. The first kappa shape index (κ1) is 20.6. The largest absolute Gasteiger partial charge is 0.479 e. The van der Waals surface area contributed by atoms with Gasteiger partial charge < -0.3 is 25.2 Å². The van der Waals surface area contributed by atoms with Gasteiger partial charge in [-0.25, -0.2) is 9.59 Å². The Bertz CT molecular complexity index is 841. The molecule has 1 aliphatic rings. The Morgan fingerprint density at radius 3 is 2.54 bits per heavy atom. The standard InChI is InChI=1S/C15H23N2O8P/c1-26(2,3)5-4-8-10(19)11(20)13(25-8)17-6-7(9(18)14(22)23)12(21)16-15(17)24/h6,8-11,13,18-20H,1,4-5H2,2-3H3,(H,22,23)(H,16,21,24)/t8-,9?,10-,11-,13?/m1/s1.